The van der Waals surface area contributed by atoms with E-state index >= 15 is 0 Å². The second-order valence-corrected chi connectivity index (χ2v) is 10.3. The summed E-state index contributed by atoms with van der Waals surface area (Å²) in [6, 6.07) is 24.4. The van der Waals surface area contributed by atoms with Crippen molar-refractivity contribution in [3.05, 3.63) is 136 Å². The number of nitrogens with zero attached hydrogens (tertiary/aromatic N) is 1. The maximum absolute atomic E-state index is 14.0. The van der Waals surface area contributed by atoms with E-state index in [1.807, 2.05) is 54.6 Å². The lowest BCUT2D eigenvalue weighted by atomic mass is 9.86. The summed E-state index contributed by atoms with van der Waals surface area (Å²) in [6.07, 6.45) is -8.15. The normalized spacial score (nSPS) is 15.1. The first-order chi connectivity index (χ1) is 20.0. The Morgan fingerprint density at radius 2 is 1.40 bits per heavy atom. The number of benzene rings is 4. The predicted molar refractivity (Wildman–Crippen MR) is 146 cm³/mol. The van der Waals surface area contributed by atoms with Gasteiger partial charge in [-0.2, -0.15) is 26.3 Å². The number of hydrogen-bond donors (Lipinski definition) is 0. The van der Waals surface area contributed by atoms with Gasteiger partial charge >= 0.3 is 12.4 Å². The van der Waals surface area contributed by atoms with Gasteiger partial charge in [-0.05, 0) is 71.8 Å². The number of fused-ring (bicyclic) bond motifs is 1. The van der Waals surface area contributed by atoms with E-state index in [0.29, 0.717) is 42.9 Å². The lowest BCUT2D eigenvalue weighted by Gasteiger charge is -2.36. The molecule has 5 rings (SSSR count). The van der Waals surface area contributed by atoms with E-state index in [4.69, 9.17) is 4.74 Å². The zero-order chi connectivity index (χ0) is 29.9. The summed E-state index contributed by atoms with van der Waals surface area (Å²) in [5.41, 5.74) is -0.328. The topological polar surface area (TPSA) is 29.5 Å². The molecule has 0 aliphatic heterocycles. The molecule has 1 aliphatic carbocycles. The van der Waals surface area contributed by atoms with E-state index in [1.165, 1.54) is 4.90 Å². The summed E-state index contributed by atoms with van der Waals surface area (Å²) >= 11 is 0. The van der Waals surface area contributed by atoms with Crippen LogP contribution in [0.25, 0.3) is 0 Å². The molecule has 42 heavy (non-hydrogen) atoms. The Hall–Kier alpha value is -4.27. The minimum Gasteiger partial charge on any atom is -0.489 e. The monoisotopic (exact) mass is 583 g/mol. The number of aryl methyl sites for hydroxylation is 1. The molecule has 9 heteroatoms. The fraction of sp³-hybridized carbons (Fsp3) is 0.242. The standard InChI is InChI=1S/C33H27F6NO2/c34-32(35,36)26-17-25(18-27(19-26)33(37,38)39)31(41)40(30-15-7-12-24-11-4-5-14-29(24)30)20-23-10-6-13-28(16-23)42-21-22-8-2-1-3-9-22/h1-6,8-11,13-14,16-19,30H,7,12,15,20-21H2. The second kappa shape index (κ2) is 11.9. The van der Waals surface area contributed by atoms with E-state index in [9.17, 15) is 31.1 Å². The molecule has 218 valence electrons. The molecule has 1 atom stereocenters. The highest BCUT2D eigenvalue weighted by Gasteiger charge is 2.39. The fourth-order valence-corrected chi connectivity index (χ4v) is 5.29. The quantitative estimate of drug-likeness (QED) is 0.203. The Bertz CT molecular complexity index is 1520. The molecule has 0 heterocycles. The van der Waals surface area contributed by atoms with Crippen LogP contribution in [0.1, 0.15) is 62.6 Å². The van der Waals surface area contributed by atoms with Crippen molar-refractivity contribution in [3.63, 3.8) is 0 Å². The van der Waals surface area contributed by atoms with Gasteiger partial charge in [-0.1, -0.05) is 66.7 Å². The number of amides is 1. The molecule has 3 nitrogen and oxygen atoms in total. The van der Waals surface area contributed by atoms with Gasteiger partial charge in [0.15, 0.2) is 0 Å². The Morgan fingerprint density at radius 3 is 2.10 bits per heavy atom. The van der Waals surface area contributed by atoms with Crippen LogP contribution in [0.15, 0.2) is 97.1 Å². The van der Waals surface area contributed by atoms with Crippen molar-refractivity contribution < 1.29 is 35.9 Å². The van der Waals surface area contributed by atoms with Gasteiger partial charge < -0.3 is 9.64 Å². The van der Waals surface area contributed by atoms with Crippen molar-refractivity contribution in [1.82, 2.24) is 4.90 Å². The van der Waals surface area contributed by atoms with Crippen molar-refractivity contribution in [3.8, 4) is 5.75 Å². The third-order valence-corrected chi connectivity index (χ3v) is 7.31. The summed E-state index contributed by atoms with van der Waals surface area (Å²) in [5.74, 6) is -0.393. The zero-order valence-electron chi connectivity index (χ0n) is 22.4. The summed E-state index contributed by atoms with van der Waals surface area (Å²) in [5, 5.41) is 0. The molecule has 1 unspecified atom stereocenters. The average Bonchev–Trinajstić information content (AvgIpc) is 2.98. The van der Waals surface area contributed by atoms with Crippen LogP contribution in [0, 0.1) is 0 Å². The molecule has 0 bridgehead atoms. The number of rotatable bonds is 7. The molecule has 1 aliphatic rings. The van der Waals surface area contributed by atoms with E-state index < -0.39 is 41.0 Å². The third-order valence-electron chi connectivity index (χ3n) is 7.31. The summed E-state index contributed by atoms with van der Waals surface area (Å²) in [4.78, 5) is 15.4. The molecule has 0 aromatic heterocycles. The highest BCUT2D eigenvalue weighted by Crippen LogP contribution is 2.39. The van der Waals surface area contributed by atoms with Gasteiger partial charge in [-0.3, -0.25) is 4.79 Å². The molecular formula is C33H27F6NO2. The van der Waals surface area contributed by atoms with Crippen LogP contribution in [0.3, 0.4) is 0 Å². The fourth-order valence-electron chi connectivity index (χ4n) is 5.29. The first-order valence-electron chi connectivity index (χ1n) is 13.4. The van der Waals surface area contributed by atoms with Crippen molar-refractivity contribution in [2.75, 3.05) is 0 Å². The molecule has 0 spiro atoms. The van der Waals surface area contributed by atoms with Gasteiger partial charge in [0, 0.05) is 12.1 Å². The Kier molecular flexibility index (Phi) is 8.29. The first kappa shape index (κ1) is 29.2. The Morgan fingerprint density at radius 1 is 0.762 bits per heavy atom. The smallest absolute Gasteiger partial charge is 0.416 e. The Balaban J connectivity index is 1.52. The third kappa shape index (κ3) is 6.78. The molecule has 0 radical (unpaired) electrons. The Labute approximate surface area is 239 Å². The number of hydrogen-bond acceptors (Lipinski definition) is 2. The van der Waals surface area contributed by atoms with Crippen molar-refractivity contribution in [2.45, 2.75) is 50.8 Å². The average molecular weight is 584 g/mol. The lowest BCUT2D eigenvalue weighted by molar-refractivity contribution is -0.143. The van der Waals surface area contributed by atoms with Gasteiger partial charge in [0.05, 0.1) is 17.2 Å². The second-order valence-electron chi connectivity index (χ2n) is 10.3. The van der Waals surface area contributed by atoms with Gasteiger partial charge in [-0.15, -0.1) is 0 Å². The number of alkyl halides is 6. The van der Waals surface area contributed by atoms with Crippen molar-refractivity contribution >= 4 is 5.91 Å². The van der Waals surface area contributed by atoms with Crippen molar-refractivity contribution in [1.29, 1.82) is 0 Å². The van der Waals surface area contributed by atoms with Crippen LogP contribution in [0.5, 0.6) is 5.75 Å². The van der Waals surface area contributed by atoms with Crippen LogP contribution < -0.4 is 4.74 Å². The van der Waals surface area contributed by atoms with Crippen LogP contribution in [-0.2, 0) is 31.9 Å². The largest absolute Gasteiger partial charge is 0.489 e. The van der Waals surface area contributed by atoms with Gasteiger partial charge in [-0.25, -0.2) is 0 Å². The minimum atomic E-state index is -5.07. The molecule has 4 aromatic carbocycles. The van der Waals surface area contributed by atoms with Crippen LogP contribution in [-0.4, -0.2) is 10.8 Å². The first-order valence-corrected chi connectivity index (χ1v) is 13.4. The number of ether oxygens (including phenoxy) is 1. The number of carbonyl (C=O) groups is 1. The number of halogens is 6. The summed E-state index contributed by atoms with van der Waals surface area (Å²) in [7, 11) is 0. The maximum atomic E-state index is 14.0. The lowest BCUT2D eigenvalue weighted by Crippen LogP contribution is -2.36. The van der Waals surface area contributed by atoms with E-state index in [1.54, 1.807) is 24.3 Å². The van der Waals surface area contributed by atoms with Gasteiger partial charge in [0.25, 0.3) is 5.91 Å². The van der Waals surface area contributed by atoms with E-state index in [2.05, 4.69) is 0 Å². The summed E-state index contributed by atoms with van der Waals surface area (Å²) in [6.45, 7) is 0.255. The highest BCUT2D eigenvalue weighted by atomic mass is 19.4. The summed E-state index contributed by atoms with van der Waals surface area (Å²) < 4.78 is 87.7. The zero-order valence-corrected chi connectivity index (χ0v) is 22.4. The van der Waals surface area contributed by atoms with Gasteiger partial charge in [0.1, 0.15) is 12.4 Å². The predicted octanol–water partition coefficient (Wildman–Crippen LogP) is 9.02. The van der Waals surface area contributed by atoms with Crippen LogP contribution in [0.2, 0.25) is 0 Å². The molecule has 0 saturated carbocycles. The molecule has 1 amide bonds. The van der Waals surface area contributed by atoms with Crippen LogP contribution >= 0.6 is 0 Å². The maximum Gasteiger partial charge on any atom is 0.416 e. The van der Waals surface area contributed by atoms with Crippen molar-refractivity contribution in [2.24, 2.45) is 0 Å². The van der Waals surface area contributed by atoms with E-state index in [0.717, 1.165) is 23.1 Å². The highest BCUT2D eigenvalue weighted by molar-refractivity contribution is 5.95. The SMILES string of the molecule is O=C(c1cc(C(F)(F)F)cc(C(F)(F)F)c1)N(Cc1cccc(OCc2ccccc2)c1)C1CCCc2ccccc21. The molecule has 0 saturated heterocycles. The molecular weight excluding hydrogens is 556 g/mol. The molecule has 0 fully saturated rings. The van der Waals surface area contributed by atoms with Crippen LogP contribution in [0.4, 0.5) is 26.3 Å². The minimum absolute atomic E-state index is 0.0323. The van der Waals surface area contributed by atoms with E-state index in [-0.39, 0.29) is 12.6 Å². The molecule has 0 N–H and O–H groups in total. The number of carbonyl (C=O) groups excluding carboxylic acids is 1. The van der Waals surface area contributed by atoms with Gasteiger partial charge in [0.2, 0.25) is 0 Å². The molecule has 4 aromatic rings.